The molecule has 0 unspecified atom stereocenters. The number of fused-ring (bicyclic) bond motifs is 2. The quantitative estimate of drug-likeness (QED) is 0.785. The summed E-state index contributed by atoms with van der Waals surface area (Å²) in [6, 6.07) is -0.113. The van der Waals surface area contributed by atoms with E-state index in [0.717, 1.165) is 12.8 Å². The third-order valence-corrected chi connectivity index (χ3v) is 3.77. The molecule has 2 aliphatic rings. The van der Waals surface area contributed by atoms with Crippen LogP contribution in [0.4, 0.5) is 4.79 Å². The number of hydrogen-bond donors (Lipinski definition) is 2. The fraction of sp³-hybridized carbons (Fsp3) is 0.786. The summed E-state index contributed by atoms with van der Waals surface area (Å²) >= 11 is 0. The molecule has 0 aliphatic carbocycles. The summed E-state index contributed by atoms with van der Waals surface area (Å²) in [5.41, 5.74) is -0.374. The van der Waals surface area contributed by atoms with Crippen LogP contribution in [0.3, 0.4) is 0 Å². The van der Waals surface area contributed by atoms with Crippen molar-refractivity contribution in [1.29, 1.82) is 0 Å². The van der Waals surface area contributed by atoms with Crippen molar-refractivity contribution in [3.8, 4) is 0 Å². The predicted octanol–water partition coefficient (Wildman–Crippen LogP) is 0.807. The molecule has 2 bridgehead atoms. The van der Waals surface area contributed by atoms with Crippen molar-refractivity contribution in [2.45, 2.75) is 64.1 Å². The zero-order chi connectivity index (χ0) is 14.9. The molecule has 6 heteroatoms. The molecular weight excluding hydrogens is 258 g/mol. The number of ketones is 1. The molecule has 6 nitrogen and oxygen atoms in total. The molecule has 2 saturated heterocycles. The normalized spacial score (nSPS) is 26.4. The third-order valence-electron chi connectivity index (χ3n) is 3.77. The molecule has 112 valence electrons. The summed E-state index contributed by atoms with van der Waals surface area (Å²) in [6.07, 6.45) is 3.02. The van der Waals surface area contributed by atoms with Gasteiger partial charge in [0.25, 0.3) is 0 Å². The van der Waals surface area contributed by atoms with Crippen LogP contribution in [0.15, 0.2) is 0 Å². The van der Waals surface area contributed by atoms with Gasteiger partial charge in [0.2, 0.25) is 5.91 Å². The van der Waals surface area contributed by atoms with Crippen LogP contribution in [0.25, 0.3) is 0 Å². The van der Waals surface area contributed by atoms with Gasteiger partial charge < -0.3 is 5.32 Å². The lowest BCUT2D eigenvalue weighted by Gasteiger charge is -2.33. The first-order chi connectivity index (χ1) is 9.24. The number of carbonyl (C=O) groups excluding carboxylic acids is 3. The molecule has 3 amide bonds. The summed E-state index contributed by atoms with van der Waals surface area (Å²) in [5.74, 6) is -0.0161. The standard InChI is InChI=1S/C14H23N3O3/c1-14(2,3)16-13(20)15-12(19)8-17-9-4-5-10(17)7-11(18)6-9/h9-10H,4-8H2,1-3H3,(H2,15,16,19,20)/t9-,10-/m0/s1. The smallest absolute Gasteiger partial charge is 0.321 e. The van der Waals surface area contributed by atoms with Crippen molar-refractivity contribution in [1.82, 2.24) is 15.5 Å². The molecule has 0 aromatic heterocycles. The number of urea groups is 1. The molecule has 0 aromatic carbocycles. The Hall–Kier alpha value is -1.43. The van der Waals surface area contributed by atoms with Crippen LogP contribution in [0, 0.1) is 0 Å². The van der Waals surface area contributed by atoms with E-state index >= 15 is 0 Å². The van der Waals surface area contributed by atoms with Gasteiger partial charge in [0.05, 0.1) is 6.54 Å². The summed E-state index contributed by atoms with van der Waals surface area (Å²) in [5, 5.41) is 5.04. The lowest BCUT2D eigenvalue weighted by molar-refractivity contribution is -0.128. The predicted molar refractivity (Wildman–Crippen MR) is 74.2 cm³/mol. The monoisotopic (exact) mass is 281 g/mol. The van der Waals surface area contributed by atoms with Crippen LogP contribution < -0.4 is 10.6 Å². The number of Topliss-reactive ketones (excluding diaryl/α,β-unsaturated/α-hetero) is 1. The number of piperidine rings is 1. The largest absolute Gasteiger partial charge is 0.333 e. The Bertz CT molecular complexity index is 412. The van der Waals surface area contributed by atoms with E-state index in [2.05, 4.69) is 15.5 Å². The van der Waals surface area contributed by atoms with Gasteiger partial charge in [0.15, 0.2) is 0 Å². The first-order valence-corrected chi connectivity index (χ1v) is 7.14. The van der Waals surface area contributed by atoms with E-state index in [1.165, 1.54) is 0 Å². The maximum absolute atomic E-state index is 11.9. The highest BCUT2D eigenvalue weighted by atomic mass is 16.2. The van der Waals surface area contributed by atoms with Gasteiger partial charge in [-0.2, -0.15) is 0 Å². The number of amides is 3. The molecule has 2 fully saturated rings. The van der Waals surface area contributed by atoms with Crippen LogP contribution in [-0.4, -0.2) is 46.8 Å². The van der Waals surface area contributed by atoms with Gasteiger partial charge in [-0.3, -0.25) is 19.8 Å². The number of nitrogens with zero attached hydrogens (tertiary/aromatic N) is 1. The van der Waals surface area contributed by atoms with E-state index in [1.807, 2.05) is 20.8 Å². The fourth-order valence-corrected chi connectivity index (χ4v) is 3.02. The Morgan fingerprint density at radius 1 is 1.20 bits per heavy atom. The van der Waals surface area contributed by atoms with Crippen molar-refractivity contribution in [3.05, 3.63) is 0 Å². The first-order valence-electron chi connectivity index (χ1n) is 7.14. The summed E-state index contributed by atoms with van der Waals surface area (Å²) in [4.78, 5) is 37.1. The van der Waals surface area contributed by atoms with E-state index in [4.69, 9.17) is 0 Å². The Morgan fingerprint density at radius 3 is 2.25 bits per heavy atom. The van der Waals surface area contributed by atoms with Crippen molar-refractivity contribution >= 4 is 17.7 Å². The lowest BCUT2D eigenvalue weighted by Crippen LogP contribution is -2.52. The average Bonchev–Trinajstić information content (AvgIpc) is 2.51. The molecule has 2 heterocycles. The van der Waals surface area contributed by atoms with E-state index in [0.29, 0.717) is 18.6 Å². The summed E-state index contributed by atoms with van der Waals surface area (Å²) in [7, 11) is 0. The molecule has 2 rings (SSSR count). The minimum absolute atomic E-state index is 0.178. The summed E-state index contributed by atoms with van der Waals surface area (Å²) < 4.78 is 0. The maximum atomic E-state index is 11.9. The maximum Gasteiger partial charge on any atom is 0.321 e. The van der Waals surface area contributed by atoms with Crippen molar-refractivity contribution in [3.63, 3.8) is 0 Å². The molecule has 20 heavy (non-hydrogen) atoms. The second-order valence-electron chi connectivity index (χ2n) is 6.76. The van der Waals surface area contributed by atoms with Crippen molar-refractivity contribution in [2.24, 2.45) is 0 Å². The Balaban J connectivity index is 1.84. The number of carbonyl (C=O) groups is 3. The van der Waals surface area contributed by atoms with Gasteiger partial charge in [0.1, 0.15) is 5.78 Å². The lowest BCUT2D eigenvalue weighted by atomic mass is 10.0. The van der Waals surface area contributed by atoms with E-state index in [-0.39, 0.29) is 30.1 Å². The first kappa shape index (κ1) is 15.0. The highest BCUT2D eigenvalue weighted by Crippen LogP contribution is 2.33. The van der Waals surface area contributed by atoms with Gasteiger partial charge >= 0.3 is 6.03 Å². The molecule has 0 radical (unpaired) electrons. The fourth-order valence-electron chi connectivity index (χ4n) is 3.02. The Labute approximate surface area is 119 Å². The van der Waals surface area contributed by atoms with Crippen molar-refractivity contribution < 1.29 is 14.4 Å². The number of rotatable bonds is 2. The second kappa shape index (κ2) is 5.52. The number of nitrogens with one attached hydrogen (secondary N) is 2. The van der Waals surface area contributed by atoms with E-state index < -0.39 is 6.03 Å². The molecule has 0 spiro atoms. The van der Waals surface area contributed by atoms with E-state index in [9.17, 15) is 14.4 Å². The van der Waals surface area contributed by atoms with E-state index in [1.54, 1.807) is 0 Å². The molecular formula is C14H23N3O3. The van der Waals surface area contributed by atoms with Crippen LogP contribution in [-0.2, 0) is 9.59 Å². The zero-order valence-electron chi connectivity index (χ0n) is 12.4. The van der Waals surface area contributed by atoms with Gasteiger partial charge in [-0.05, 0) is 33.6 Å². The average molecular weight is 281 g/mol. The highest BCUT2D eigenvalue weighted by Gasteiger charge is 2.40. The Kier molecular flexibility index (Phi) is 4.13. The SMILES string of the molecule is CC(C)(C)NC(=O)NC(=O)CN1[C@H]2CC[C@H]1CC(=O)C2. The Morgan fingerprint density at radius 2 is 1.75 bits per heavy atom. The molecule has 2 atom stereocenters. The second-order valence-corrected chi connectivity index (χ2v) is 6.76. The summed E-state index contributed by atoms with van der Waals surface area (Å²) in [6.45, 7) is 5.76. The number of hydrogen-bond acceptors (Lipinski definition) is 4. The molecule has 0 saturated carbocycles. The van der Waals surface area contributed by atoms with Gasteiger partial charge in [0, 0.05) is 30.5 Å². The molecule has 2 N–H and O–H groups in total. The highest BCUT2D eigenvalue weighted by molar-refractivity contribution is 5.95. The van der Waals surface area contributed by atoms with Crippen molar-refractivity contribution in [2.75, 3.05) is 6.54 Å². The molecule has 0 aromatic rings. The number of imide groups is 1. The minimum atomic E-state index is -0.470. The van der Waals surface area contributed by atoms with Crippen LogP contribution in [0.2, 0.25) is 0 Å². The molecule has 2 aliphatic heterocycles. The topological polar surface area (TPSA) is 78.5 Å². The zero-order valence-corrected chi connectivity index (χ0v) is 12.4. The van der Waals surface area contributed by atoms with Gasteiger partial charge in [-0.1, -0.05) is 0 Å². The minimum Gasteiger partial charge on any atom is -0.333 e. The van der Waals surface area contributed by atoms with Crippen LogP contribution in [0.5, 0.6) is 0 Å². The third kappa shape index (κ3) is 3.79. The van der Waals surface area contributed by atoms with Gasteiger partial charge in [-0.25, -0.2) is 4.79 Å². The van der Waals surface area contributed by atoms with Gasteiger partial charge in [-0.15, -0.1) is 0 Å². The van der Waals surface area contributed by atoms with Crippen LogP contribution in [0.1, 0.15) is 46.5 Å². The van der Waals surface area contributed by atoms with Crippen LogP contribution >= 0.6 is 0 Å².